The molecule has 0 amide bonds. The van der Waals surface area contributed by atoms with Crippen molar-refractivity contribution in [3.8, 4) is 0 Å². The molecule has 172 valence electrons. The number of hydrogen-bond acceptors (Lipinski definition) is 1. The number of fused-ring (bicyclic) bond motifs is 5. The van der Waals surface area contributed by atoms with Crippen LogP contribution in [0, 0.1) is 52.3 Å². The second kappa shape index (κ2) is 8.24. The van der Waals surface area contributed by atoms with Gasteiger partial charge in [0.25, 0.3) is 0 Å². The van der Waals surface area contributed by atoms with Crippen LogP contribution in [0.25, 0.3) is 0 Å². The first kappa shape index (κ1) is 22.9. The fraction of sp³-hybridized carbons (Fsp3) is 0.931. The van der Waals surface area contributed by atoms with Gasteiger partial charge >= 0.3 is 0 Å². The van der Waals surface area contributed by atoms with Crippen molar-refractivity contribution in [3.63, 3.8) is 0 Å². The highest BCUT2D eigenvalue weighted by molar-refractivity contribution is 5.12. The molecule has 30 heavy (non-hydrogen) atoms. The van der Waals surface area contributed by atoms with Gasteiger partial charge < -0.3 is 5.11 Å². The van der Waals surface area contributed by atoms with Crippen molar-refractivity contribution in [1.29, 1.82) is 0 Å². The van der Waals surface area contributed by atoms with Crippen LogP contribution < -0.4 is 0 Å². The van der Waals surface area contributed by atoms with E-state index in [0.29, 0.717) is 16.7 Å². The molecule has 0 radical (unpaired) electrons. The zero-order chi connectivity index (χ0) is 21.7. The maximum atomic E-state index is 10.9. The molecule has 9 unspecified atom stereocenters. The molecule has 0 spiro atoms. The fourth-order valence-electron chi connectivity index (χ4n) is 9.48. The standard InChI is InChI=1S/C29H50O/c1-7-29(30)18-17-27(5)22(19-29)11-12-23-25-14-13-24(21(4)10-8-9-20(2)3)28(25,6)16-15-26(23)27/h7,20-26,30H,1,8-19H2,2-6H3. The first-order chi connectivity index (χ1) is 14.1. The summed E-state index contributed by atoms with van der Waals surface area (Å²) in [5, 5.41) is 10.9. The Bertz CT molecular complexity index is 624. The molecule has 0 heterocycles. The molecular weight excluding hydrogens is 364 g/mol. The van der Waals surface area contributed by atoms with Crippen molar-refractivity contribution < 1.29 is 5.11 Å². The van der Waals surface area contributed by atoms with Gasteiger partial charge in [0.15, 0.2) is 0 Å². The molecule has 0 aromatic heterocycles. The second-order valence-corrected chi connectivity index (χ2v) is 13.2. The SMILES string of the molecule is C=CC1(O)CCC2(C)C(CCC3C2CCC2(C)C(C(C)CCCC(C)C)CCC32)C1. The number of rotatable bonds is 6. The number of aliphatic hydroxyl groups is 1. The van der Waals surface area contributed by atoms with E-state index in [1.54, 1.807) is 0 Å². The normalized spacial score (nSPS) is 49.2. The third-order valence-corrected chi connectivity index (χ3v) is 11.3. The van der Waals surface area contributed by atoms with E-state index in [9.17, 15) is 5.11 Å². The van der Waals surface area contributed by atoms with Gasteiger partial charge in [-0.25, -0.2) is 0 Å². The summed E-state index contributed by atoms with van der Waals surface area (Å²) >= 11 is 0. The van der Waals surface area contributed by atoms with Crippen LogP contribution in [0.1, 0.15) is 112 Å². The fourth-order valence-corrected chi connectivity index (χ4v) is 9.48. The predicted molar refractivity (Wildman–Crippen MR) is 128 cm³/mol. The maximum Gasteiger partial charge on any atom is 0.0828 e. The molecule has 1 nitrogen and oxygen atoms in total. The highest BCUT2D eigenvalue weighted by atomic mass is 16.3. The quantitative estimate of drug-likeness (QED) is 0.436. The Hall–Kier alpha value is -0.300. The highest BCUT2D eigenvalue weighted by Crippen LogP contribution is 2.68. The van der Waals surface area contributed by atoms with Gasteiger partial charge in [-0.15, -0.1) is 6.58 Å². The summed E-state index contributed by atoms with van der Waals surface area (Å²) < 4.78 is 0. The zero-order valence-corrected chi connectivity index (χ0v) is 20.8. The summed E-state index contributed by atoms with van der Waals surface area (Å²) in [6.45, 7) is 16.6. The lowest BCUT2D eigenvalue weighted by Gasteiger charge is -2.62. The third kappa shape index (κ3) is 3.74. The Morgan fingerprint density at radius 1 is 0.900 bits per heavy atom. The first-order valence-corrected chi connectivity index (χ1v) is 13.5. The molecule has 4 fully saturated rings. The molecule has 0 bridgehead atoms. The summed E-state index contributed by atoms with van der Waals surface area (Å²) in [4.78, 5) is 0. The molecule has 4 saturated carbocycles. The number of hydrogen-bond donors (Lipinski definition) is 1. The Morgan fingerprint density at radius 2 is 1.63 bits per heavy atom. The lowest BCUT2D eigenvalue weighted by molar-refractivity contribution is -0.141. The van der Waals surface area contributed by atoms with E-state index >= 15 is 0 Å². The zero-order valence-electron chi connectivity index (χ0n) is 20.8. The molecule has 0 aromatic rings. The predicted octanol–water partition coefficient (Wildman–Crippen LogP) is 8.02. The molecule has 0 saturated heterocycles. The summed E-state index contributed by atoms with van der Waals surface area (Å²) in [5.74, 6) is 6.23. The minimum Gasteiger partial charge on any atom is -0.386 e. The molecule has 4 aliphatic rings. The van der Waals surface area contributed by atoms with Gasteiger partial charge in [0.05, 0.1) is 5.60 Å². The van der Waals surface area contributed by atoms with E-state index < -0.39 is 5.60 Å². The Morgan fingerprint density at radius 3 is 2.33 bits per heavy atom. The Labute approximate surface area is 187 Å². The average Bonchev–Trinajstić information content (AvgIpc) is 3.05. The largest absolute Gasteiger partial charge is 0.386 e. The van der Waals surface area contributed by atoms with Crippen LogP contribution >= 0.6 is 0 Å². The Balaban J connectivity index is 1.47. The summed E-state index contributed by atoms with van der Waals surface area (Å²) in [5.41, 5.74) is 0.461. The van der Waals surface area contributed by atoms with Crippen molar-refractivity contribution in [3.05, 3.63) is 12.7 Å². The van der Waals surface area contributed by atoms with Gasteiger partial charge in [-0.2, -0.15) is 0 Å². The molecule has 4 rings (SSSR count). The molecule has 4 aliphatic carbocycles. The van der Waals surface area contributed by atoms with Crippen LogP contribution in [0.2, 0.25) is 0 Å². The van der Waals surface area contributed by atoms with Gasteiger partial charge in [0, 0.05) is 0 Å². The molecule has 0 aromatic carbocycles. The molecule has 9 atom stereocenters. The van der Waals surface area contributed by atoms with Crippen LogP contribution in [-0.4, -0.2) is 10.7 Å². The highest BCUT2D eigenvalue weighted by Gasteiger charge is 2.61. The van der Waals surface area contributed by atoms with Gasteiger partial charge in [-0.1, -0.05) is 60.0 Å². The van der Waals surface area contributed by atoms with E-state index in [4.69, 9.17) is 0 Å². The van der Waals surface area contributed by atoms with Crippen LogP contribution in [0.3, 0.4) is 0 Å². The molecule has 1 heteroatoms. The van der Waals surface area contributed by atoms with E-state index in [1.165, 1.54) is 64.2 Å². The summed E-state index contributed by atoms with van der Waals surface area (Å²) in [6.07, 6.45) is 17.9. The lowest BCUT2D eigenvalue weighted by atomic mass is 9.43. The van der Waals surface area contributed by atoms with Crippen LogP contribution in [0.15, 0.2) is 12.7 Å². The smallest absolute Gasteiger partial charge is 0.0828 e. The van der Waals surface area contributed by atoms with Crippen LogP contribution in [-0.2, 0) is 0 Å². The monoisotopic (exact) mass is 414 g/mol. The van der Waals surface area contributed by atoms with E-state index in [2.05, 4.69) is 41.2 Å². The van der Waals surface area contributed by atoms with Crippen molar-refractivity contribution in [2.24, 2.45) is 52.3 Å². The van der Waals surface area contributed by atoms with Gasteiger partial charge in [-0.3, -0.25) is 0 Å². The average molecular weight is 415 g/mol. The van der Waals surface area contributed by atoms with Crippen LogP contribution in [0.4, 0.5) is 0 Å². The van der Waals surface area contributed by atoms with Gasteiger partial charge in [-0.05, 0) is 110 Å². The topological polar surface area (TPSA) is 20.2 Å². The maximum absolute atomic E-state index is 10.9. The summed E-state index contributed by atoms with van der Waals surface area (Å²) in [7, 11) is 0. The van der Waals surface area contributed by atoms with Crippen molar-refractivity contribution in [2.75, 3.05) is 0 Å². The van der Waals surface area contributed by atoms with Crippen molar-refractivity contribution >= 4 is 0 Å². The first-order valence-electron chi connectivity index (χ1n) is 13.5. The minimum atomic E-state index is -0.593. The van der Waals surface area contributed by atoms with Crippen molar-refractivity contribution in [2.45, 2.75) is 117 Å². The van der Waals surface area contributed by atoms with E-state index in [0.717, 1.165) is 48.3 Å². The van der Waals surface area contributed by atoms with Gasteiger partial charge in [0.2, 0.25) is 0 Å². The van der Waals surface area contributed by atoms with E-state index in [-0.39, 0.29) is 0 Å². The van der Waals surface area contributed by atoms with Gasteiger partial charge in [0.1, 0.15) is 0 Å². The molecule has 0 aliphatic heterocycles. The van der Waals surface area contributed by atoms with Crippen LogP contribution in [0.5, 0.6) is 0 Å². The minimum absolute atomic E-state index is 0.459. The molecular formula is C29H50O. The van der Waals surface area contributed by atoms with Crippen molar-refractivity contribution in [1.82, 2.24) is 0 Å². The molecule has 1 N–H and O–H groups in total. The Kier molecular flexibility index (Phi) is 6.28. The lowest BCUT2D eigenvalue weighted by Crippen LogP contribution is -2.55. The van der Waals surface area contributed by atoms with E-state index in [1.807, 2.05) is 6.08 Å². The second-order valence-electron chi connectivity index (χ2n) is 13.2. The summed E-state index contributed by atoms with van der Waals surface area (Å²) in [6, 6.07) is 0. The third-order valence-electron chi connectivity index (χ3n) is 11.3.